The fourth-order valence-electron chi connectivity index (χ4n) is 0.840. The lowest BCUT2D eigenvalue weighted by molar-refractivity contribution is -0.120. The molecule has 3 heteroatoms. The highest BCUT2D eigenvalue weighted by Crippen LogP contribution is 1.98. The van der Waals surface area contributed by atoms with E-state index >= 15 is 0 Å². The van der Waals surface area contributed by atoms with E-state index in [1.54, 1.807) is 0 Å². The minimum Gasteiger partial charge on any atom is -0.355 e. The van der Waals surface area contributed by atoms with Crippen molar-refractivity contribution in [3.8, 4) is 0 Å². The lowest BCUT2D eigenvalue weighted by Crippen LogP contribution is -2.44. The Bertz CT molecular complexity index is 173. The number of hydrogen-bond acceptors (Lipinski definition) is 2. The van der Waals surface area contributed by atoms with Gasteiger partial charge in [0.15, 0.2) is 0 Å². The average molecular weight is 200 g/mol. The molecule has 3 nitrogen and oxygen atoms in total. The van der Waals surface area contributed by atoms with Crippen molar-refractivity contribution in [1.82, 2.24) is 10.6 Å². The molecule has 0 aromatic rings. The first-order valence-electron chi connectivity index (χ1n) is 5.37. The molecule has 0 aliphatic heterocycles. The summed E-state index contributed by atoms with van der Waals surface area (Å²) >= 11 is 0. The second kappa shape index (κ2) is 6.02. The fraction of sp³-hybridized carbons (Fsp3) is 0.909. The van der Waals surface area contributed by atoms with E-state index in [1.807, 2.05) is 0 Å². The zero-order valence-electron chi connectivity index (χ0n) is 10.1. The molecule has 0 heterocycles. The molecule has 0 rings (SSSR count). The number of carbonyl (C=O) groups excluding carboxylic acids is 1. The monoisotopic (exact) mass is 200 g/mol. The Balaban J connectivity index is 3.57. The van der Waals surface area contributed by atoms with Gasteiger partial charge in [-0.25, -0.2) is 0 Å². The van der Waals surface area contributed by atoms with Crippen LogP contribution in [0.2, 0.25) is 0 Å². The van der Waals surface area contributed by atoms with Crippen molar-refractivity contribution in [2.24, 2.45) is 5.92 Å². The molecule has 0 aromatic carbocycles. The standard InChI is InChI=1S/C11H24N2O/c1-6-9(2)7-12-10(14)8-13-11(3,4)5/h9,13H,6-8H2,1-5H3,(H,12,14). The largest absolute Gasteiger partial charge is 0.355 e. The first kappa shape index (κ1) is 13.4. The predicted octanol–water partition coefficient (Wildman–Crippen LogP) is 1.54. The van der Waals surface area contributed by atoms with Crippen LogP contribution < -0.4 is 10.6 Å². The molecule has 0 aliphatic rings. The summed E-state index contributed by atoms with van der Waals surface area (Å²) in [5.74, 6) is 0.647. The van der Waals surface area contributed by atoms with Crippen LogP contribution in [0.1, 0.15) is 41.0 Å². The van der Waals surface area contributed by atoms with Crippen molar-refractivity contribution in [3.05, 3.63) is 0 Å². The predicted molar refractivity (Wildman–Crippen MR) is 60.2 cm³/mol. The van der Waals surface area contributed by atoms with Gasteiger partial charge in [0.25, 0.3) is 0 Å². The summed E-state index contributed by atoms with van der Waals surface area (Å²) in [5, 5.41) is 6.06. The molecule has 0 spiro atoms. The van der Waals surface area contributed by atoms with Crippen LogP contribution in [0.5, 0.6) is 0 Å². The van der Waals surface area contributed by atoms with E-state index in [1.165, 1.54) is 0 Å². The Morgan fingerprint density at radius 2 is 1.93 bits per heavy atom. The lowest BCUT2D eigenvalue weighted by Gasteiger charge is -2.20. The molecular weight excluding hydrogens is 176 g/mol. The minimum atomic E-state index is 0.00765. The van der Waals surface area contributed by atoms with Crippen LogP contribution in [0.3, 0.4) is 0 Å². The van der Waals surface area contributed by atoms with Crippen LogP contribution in [0, 0.1) is 5.92 Å². The lowest BCUT2D eigenvalue weighted by atomic mass is 10.1. The van der Waals surface area contributed by atoms with Gasteiger partial charge < -0.3 is 10.6 Å². The van der Waals surface area contributed by atoms with Crippen LogP contribution in [0.25, 0.3) is 0 Å². The van der Waals surface area contributed by atoms with Gasteiger partial charge in [-0.2, -0.15) is 0 Å². The summed E-state index contributed by atoms with van der Waals surface area (Å²) < 4.78 is 0. The topological polar surface area (TPSA) is 41.1 Å². The molecule has 0 radical (unpaired) electrons. The van der Waals surface area contributed by atoms with Crippen molar-refractivity contribution in [1.29, 1.82) is 0 Å². The molecule has 0 bridgehead atoms. The zero-order chi connectivity index (χ0) is 11.2. The molecule has 2 N–H and O–H groups in total. The van der Waals surface area contributed by atoms with Gasteiger partial charge >= 0.3 is 0 Å². The van der Waals surface area contributed by atoms with Crippen molar-refractivity contribution in [2.75, 3.05) is 13.1 Å². The van der Waals surface area contributed by atoms with Gasteiger partial charge in [0.05, 0.1) is 6.54 Å². The van der Waals surface area contributed by atoms with E-state index in [-0.39, 0.29) is 11.4 Å². The minimum absolute atomic E-state index is 0.00765. The van der Waals surface area contributed by atoms with Gasteiger partial charge in [-0.15, -0.1) is 0 Å². The Hall–Kier alpha value is -0.570. The van der Waals surface area contributed by atoms with Gasteiger partial charge in [0.1, 0.15) is 0 Å². The molecule has 14 heavy (non-hydrogen) atoms. The van der Waals surface area contributed by atoms with E-state index in [4.69, 9.17) is 0 Å². The molecule has 1 atom stereocenters. The molecule has 0 aromatic heterocycles. The Morgan fingerprint density at radius 3 is 2.36 bits per heavy atom. The average Bonchev–Trinajstić information content (AvgIpc) is 2.09. The Kier molecular flexibility index (Phi) is 5.77. The van der Waals surface area contributed by atoms with Crippen molar-refractivity contribution in [2.45, 2.75) is 46.6 Å². The second-order valence-corrected chi connectivity index (χ2v) is 4.92. The van der Waals surface area contributed by atoms with Crippen LogP contribution in [0.15, 0.2) is 0 Å². The van der Waals surface area contributed by atoms with Gasteiger partial charge in [0, 0.05) is 12.1 Å². The third-order valence-corrected chi connectivity index (χ3v) is 2.12. The SMILES string of the molecule is CCC(C)CNC(=O)CNC(C)(C)C. The van der Waals surface area contributed by atoms with Gasteiger partial charge in [-0.05, 0) is 26.7 Å². The van der Waals surface area contributed by atoms with Gasteiger partial charge in [-0.3, -0.25) is 4.79 Å². The van der Waals surface area contributed by atoms with E-state index in [2.05, 4.69) is 45.3 Å². The van der Waals surface area contributed by atoms with Crippen molar-refractivity contribution < 1.29 is 4.79 Å². The first-order chi connectivity index (χ1) is 6.35. The Labute approximate surface area is 87.6 Å². The fourth-order valence-corrected chi connectivity index (χ4v) is 0.840. The van der Waals surface area contributed by atoms with Crippen LogP contribution >= 0.6 is 0 Å². The zero-order valence-corrected chi connectivity index (χ0v) is 10.1. The summed E-state index contributed by atoms with van der Waals surface area (Å²) in [5.41, 5.74) is 0.00765. The number of carbonyl (C=O) groups is 1. The quantitative estimate of drug-likeness (QED) is 0.707. The summed E-state index contributed by atoms with van der Waals surface area (Å²) in [6.07, 6.45) is 1.10. The first-order valence-corrected chi connectivity index (χ1v) is 5.37. The van der Waals surface area contributed by atoms with E-state index in [0.717, 1.165) is 13.0 Å². The van der Waals surface area contributed by atoms with Crippen LogP contribution in [-0.2, 0) is 4.79 Å². The molecule has 0 fully saturated rings. The highest BCUT2D eigenvalue weighted by molar-refractivity contribution is 5.78. The molecular formula is C11H24N2O. The summed E-state index contributed by atoms with van der Waals surface area (Å²) in [4.78, 5) is 11.3. The van der Waals surface area contributed by atoms with Crippen molar-refractivity contribution >= 4 is 5.91 Å². The molecule has 84 valence electrons. The highest BCUT2D eigenvalue weighted by Gasteiger charge is 2.11. The van der Waals surface area contributed by atoms with E-state index in [0.29, 0.717) is 12.5 Å². The normalized spacial score (nSPS) is 13.8. The summed E-state index contributed by atoms with van der Waals surface area (Å²) in [6.45, 7) is 11.6. The molecule has 0 saturated heterocycles. The maximum Gasteiger partial charge on any atom is 0.233 e. The molecule has 0 aliphatic carbocycles. The molecule has 1 amide bonds. The summed E-state index contributed by atoms with van der Waals surface area (Å²) in [7, 11) is 0. The van der Waals surface area contributed by atoms with Crippen LogP contribution in [-0.4, -0.2) is 24.5 Å². The van der Waals surface area contributed by atoms with Gasteiger partial charge in [-0.1, -0.05) is 20.3 Å². The van der Waals surface area contributed by atoms with Gasteiger partial charge in [0.2, 0.25) is 5.91 Å². The number of hydrogen-bond donors (Lipinski definition) is 2. The summed E-state index contributed by atoms with van der Waals surface area (Å²) in [6, 6.07) is 0. The van der Waals surface area contributed by atoms with Crippen LogP contribution in [0.4, 0.5) is 0 Å². The molecule has 1 unspecified atom stereocenters. The Morgan fingerprint density at radius 1 is 1.36 bits per heavy atom. The number of nitrogens with one attached hydrogen (secondary N) is 2. The maximum absolute atomic E-state index is 11.3. The number of amides is 1. The molecule has 0 saturated carbocycles. The second-order valence-electron chi connectivity index (χ2n) is 4.92. The maximum atomic E-state index is 11.3. The third-order valence-electron chi connectivity index (χ3n) is 2.12. The highest BCUT2D eigenvalue weighted by atomic mass is 16.1. The van der Waals surface area contributed by atoms with E-state index < -0.39 is 0 Å². The third kappa shape index (κ3) is 8.05. The van der Waals surface area contributed by atoms with Crippen molar-refractivity contribution in [3.63, 3.8) is 0 Å². The van der Waals surface area contributed by atoms with E-state index in [9.17, 15) is 4.79 Å². The number of rotatable bonds is 5. The smallest absolute Gasteiger partial charge is 0.233 e.